The molecule has 1 heterocycles. The Labute approximate surface area is 180 Å². The number of carbonyl (C=O) groups is 1. The standard InChI is InChI=1S/C20H16F4N2O5S/c1-12-14(10-13-4-6-15(7-5-13)26-9-3-8-25-26)11-16(19(27)30-2)18(17(12)21)31-32(28,29)20(22,23)24/h3-9,11H,10H2,1-2H3. The van der Waals surface area contributed by atoms with Crippen LogP contribution in [0.25, 0.3) is 5.69 Å². The second-order valence-corrected chi connectivity index (χ2v) is 8.16. The van der Waals surface area contributed by atoms with Gasteiger partial charge in [0, 0.05) is 12.4 Å². The fourth-order valence-electron chi connectivity index (χ4n) is 2.87. The Hall–Kier alpha value is -3.41. The second kappa shape index (κ2) is 8.61. The first-order valence-corrected chi connectivity index (χ1v) is 10.4. The molecule has 0 unspecified atom stereocenters. The van der Waals surface area contributed by atoms with Gasteiger partial charge in [0.2, 0.25) is 0 Å². The van der Waals surface area contributed by atoms with Gasteiger partial charge in [0.15, 0.2) is 11.6 Å². The summed E-state index contributed by atoms with van der Waals surface area (Å²) in [5.41, 5.74) is -5.09. The average Bonchev–Trinajstić information content (AvgIpc) is 3.27. The Morgan fingerprint density at radius 3 is 2.38 bits per heavy atom. The minimum atomic E-state index is -6.21. The van der Waals surface area contributed by atoms with Crippen molar-refractivity contribution in [3.8, 4) is 11.4 Å². The summed E-state index contributed by atoms with van der Waals surface area (Å²) in [6, 6.07) is 9.75. The predicted octanol–water partition coefficient (Wildman–Crippen LogP) is 3.93. The van der Waals surface area contributed by atoms with Gasteiger partial charge in [-0.15, -0.1) is 0 Å². The topological polar surface area (TPSA) is 87.5 Å². The van der Waals surface area contributed by atoms with Crippen molar-refractivity contribution in [3.05, 3.63) is 76.9 Å². The number of aromatic nitrogens is 2. The van der Waals surface area contributed by atoms with Crippen molar-refractivity contribution in [2.24, 2.45) is 0 Å². The lowest BCUT2D eigenvalue weighted by atomic mass is 9.97. The molecule has 3 aromatic rings. The number of carbonyl (C=O) groups excluding carboxylic acids is 1. The number of hydrogen-bond donors (Lipinski definition) is 0. The van der Waals surface area contributed by atoms with Crippen LogP contribution >= 0.6 is 0 Å². The minimum absolute atomic E-state index is 0.0957. The molecule has 2 aromatic carbocycles. The number of hydrogen-bond acceptors (Lipinski definition) is 6. The molecule has 32 heavy (non-hydrogen) atoms. The van der Waals surface area contributed by atoms with E-state index in [4.69, 9.17) is 0 Å². The van der Waals surface area contributed by atoms with Crippen molar-refractivity contribution >= 4 is 16.1 Å². The molecular weight excluding hydrogens is 456 g/mol. The Bertz CT molecular complexity index is 1240. The number of alkyl halides is 3. The first kappa shape index (κ1) is 23.3. The van der Waals surface area contributed by atoms with Gasteiger partial charge in [0.1, 0.15) is 5.56 Å². The second-order valence-electron chi connectivity index (χ2n) is 6.62. The molecule has 0 saturated heterocycles. The van der Waals surface area contributed by atoms with Crippen molar-refractivity contribution in [1.29, 1.82) is 0 Å². The van der Waals surface area contributed by atoms with Crippen molar-refractivity contribution in [3.63, 3.8) is 0 Å². The molecule has 0 amide bonds. The maximum Gasteiger partial charge on any atom is 0.534 e. The summed E-state index contributed by atoms with van der Waals surface area (Å²) in [6.07, 6.45) is 3.44. The van der Waals surface area contributed by atoms with E-state index in [0.29, 0.717) is 5.56 Å². The zero-order valence-electron chi connectivity index (χ0n) is 16.7. The van der Waals surface area contributed by atoms with E-state index in [-0.39, 0.29) is 17.5 Å². The Kier molecular flexibility index (Phi) is 6.26. The van der Waals surface area contributed by atoms with E-state index < -0.39 is 38.7 Å². The van der Waals surface area contributed by atoms with Crippen LogP contribution in [0.3, 0.4) is 0 Å². The quantitative estimate of drug-likeness (QED) is 0.234. The van der Waals surface area contributed by atoms with Gasteiger partial charge in [-0.2, -0.15) is 26.7 Å². The van der Waals surface area contributed by atoms with Crippen LogP contribution in [0.1, 0.15) is 27.0 Å². The monoisotopic (exact) mass is 472 g/mol. The summed E-state index contributed by atoms with van der Waals surface area (Å²) in [6.45, 7) is 1.23. The molecule has 0 bridgehead atoms. The maximum absolute atomic E-state index is 14.9. The Morgan fingerprint density at radius 2 is 1.84 bits per heavy atom. The van der Waals surface area contributed by atoms with Crippen LogP contribution < -0.4 is 4.18 Å². The number of rotatable bonds is 6. The molecule has 0 N–H and O–H groups in total. The van der Waals surface area contributed by atoms with E-state index >= 15 is 0 Å². The highest BCUT2D eigenvalue weighted by Crippen LogP contribution is 2.35. The average molecular weight is 472 g/mol. The van der Waals surface area contributed by atoms with Crippen LogP contribution in [0.4, 0.5) is 17.6 Å². The van der Waals surface area contributed by atoms with Crippen LogP contribution in [-0.2, 0) is 21.3 Å². The highest BCUT2D eigenvalue weighted by molar-refractivity contribution is 7.88. The zero-order chi connectivity index (χ0) is 23.7. The highest BCUT2D eigenvalue weighted by Gasteiger charge is 2.49. The molecule has 3 rings (SSSR count). The third-order valence-electron chi connectivity index (χ3n) is 4.56. The third kappa shape index (κ3) is 4.59. The van der Waals surface area contributed by atoms with Crippen molar-refractivity contribution in [1.82, 2.24) is 9.78 Å². The summed E-state index contributed by atoms with van der Waals surface area (Å²) in [7, 11) is -5.30. The van der Waals surface area contributed by atoms with Gasteiger partial charge in [0.05, 0.1) is 12.8 Å². The van der Waals surface area contributed by atoms with E-state index in [1.54, 1.807) is 47.4 Å². The lowest BCUT2D eigenvalue weighted by Crippen LogP contribution is -2.29. The molecule has 0 fully saturated rings. The highest BCUT2D eigenvalue weighted by atomic mass is 32.2. The van der Waals surface area contributed by atoms with Crippen LogP contribution in [0.15, 0.2) is 48.8 Å². The molecule has 0 aliphatic heterocycles. The number of ether oxygens (including phenoxy) is 1. The molecule has 0 saturated carbocycles. The third-order valence-corrected chi connectivity index (χ3v) is 5.51. The summed E-state index contributed by atoms with van der Waals surface area (Å²) >= 11 is 0. The minimum Gasteiger partial charge on any atom is -0.465 e. The molecular formula is C20H16F4N2O5S. The molecule has 170 valence electrons. The van der Waals surface area contributed by atoms with Gasteiger partial charge in [-0.05, 0) is 54.3 Å². The van der Waals surface area contributed by atoms with Crippen molar-refractivity contribution < 1.29 is 39.7 Å². The summed E-state index contributed by atoms with van der Waals surface area (Å²) in [5, 5.41) is 4.10. The number of nitrogens with zero attached hydrogens (tertiary/aromatic N) is 2. The molecule has 0 aliphatic carbocycles. The fraction of sp³-hybridized carbons (Fsp3) is 0.200. The summed E-state index contributed by atoms with van der Waals surface area (Å²) in [5.74, 6) is -4.04. The van der Waals surface area contributed by atoms with Crippen LogP contribution in [0, 0.1) is 12.7 Å². The van der Waals surface area contributed by atoms with Gasteiger partial charge in [-0.3, -0.25) is 0 Å². The smallest absolute Gasteiger partial charge is 0.465 e. The first-order chi connectivity index (χ1) is 14.9. The van der Waals surface area contributed by atoms with E-state index in [2.05, 4.69) is 14.0 Å². The molecule has 0 radical (unpaired) electrons. The van der Waals surface area contributed by atoms with Crippen molar-refractivity contribution in [2.75, 3.05) is 7.11 Å². The largest absolute Gasteiger partial charge is 0.534 e. The molecule has 1 aromatic heterocycles. The number of benzene rings is 2. The maximum atomic E-state index is 14.9. The van der Waals surface area contributed by atoms with Gasteiger partial charge in [-0.25, -0.2) is 13.9 Å². The Morgan fingerprint density at radius 1 is 1.19 bits per heavy atom. The lowest BCUT2D eigenvalue weighted by Gasteiger charge is -2.16. The fourth-order valence-corrected chi connectivity index (χ4v) is 3.35. The number of methoxy groups -OCH3 is 1. The molecule has 0 spiro atoms. The lowest BCUT2D eigenvalue weighted by molar-refractivity contribution is -0.0501. The van der Waals surface area contributed by atoms with E-state index in [1.165, 1.54) is 6.92 Å². The summed E-state index contributed by atoms with van der Waals surface area (Å²) in [4.78, 5) is 12.1. The molecule has 0 aliphatic rings. The normalized spacial score (nSPS) is 11.9. The summed E-state index contributed by atoms with van der Waals surface area (Å²) < 4.78 is 85.8. The van der Waals surface area contributed by atoms with Gasteiger partial charge < -0.3 is 8.92 Å². The van der Waals surface area contributed by atoms with Gasteiger partial charge in [-0.1, -0.05) is 12.1 Å². The zero-order valence-corrected chi connectivity index (χ0v) is 17.5. The molecule has 7 nitrogen and oxygen atoms in total. The first-order valence-electron chi connectivity index (χ1n) is 8.94. The van der Waals surface area contributed by atoms with E-state index in [0.717, 1.165) is 18.9 Å². The predicted molar refractivity (Wildman–Crippen MR) is 104 cm³/mol. The molecule has 0 atom stereocenters. The number of esters is 1. The van der Waals surface area contributed by atoms with Gasteiger partial charge >= 0.3 is 21.6 Å². The van der Waals surface area contributed by atoms with E-state index in [9.17, 15) is 30.8 Å². The van der Waals surface area contributed by atoms with Crippen molar-refractivity contribution in [2.45, 2.75) is 18.9 Å². The van der Waals surface area contributed by atoms with E-state index in [1.807, 2.05) is 0 Å². The number of halogens is 4. The molecule has 12 heteroatoms. The SMILES string of the molecule is COC(=O)c1cc(Cc2ccc(-n3cccn3)cc2)c(C)c(F)c1OS(=O)(=O)C(F)(F)F. The van der Waals surface area contributed by atoms with Crippen LogP contribution in [-0.4, -0.2) is 36.8 Å². The van der Waals surface area contributed by atoms with Crippen LogP contribution in [0.2, 0.25) is 0 Å². The Balaban J connectivity index is 2.01. The van der Waals surface area contributed by atoms with Gasteiger partial charge in [0.25, 0.3) is 0 Å². The van der Waals surface area contributed by atoms with Crippen LogP contribution in [0.5, 0.6) is 5.75 Å².